The standard InChI is InChI=1S/C25H43N5O2.HI/c1-3-26-25(27-14-7-15-29-18-12-22(31)13-19-29)28-20-24(30-16-5-4-6-17-30)21-8-10-23(32-2)11-9-21;/h8-11,22,24,31H,3-7,12-20H2,1-2H3,(H2,26,27,28);1H. The summed E-state index contributed by atoms with van der Waals surface area (Å²) in [5.41, 5.74) is 1.31. The van der Waals surface area contributed by atoms with E-state index in [4.69, 9.17) is 9.73 Å². The fourth-order valence-electron chi connectivity index (χ4n) is 4.66. The van der Waals surface area contributed by atoms with Gasteiger partial charge in [-0.2, -0.15) is 0 Å². The second-order valence-electron chi connectivity index (χ2n) is 8.96. The Balaban J connectivity index is 0.00000385. The molecule has 3 N–H and O–H groups in total. The van der Waals surface area contributed by atoms with E-state index in [2.05, 4.69) is 51.6 Å². The van der Waals surface area contributed by atoms with Gasteiger partial charge in [0.15, 0.2) is 5.96 Å². The van der Waals surface area contributed by atoms with Gasteiger partial charge in [0.2, 0.25) is 0 Å². The molecule has 2 aliphatic rings. The van der Waals surface area contributed by atoms with Crippen molar-refractivity contribution in [2.24, 2.45) is 4.99 Å². The van der Waals surface area contributed by atoms with Gasteiger partial charge in [0.1, 0.15) is 5.75 Å². The first-order chi connectivity index (χ1) is 15.7. The molecule has 33 heavy (non-hydrogen) atoms. The molecule has 0 spiro atoms. The molecule has 8 heteroatoms. The molecular formula is C25H44IN5O2. The number of methoxy groups -OCH3 is 1. The normalized spacial score (nSPS) is 19.5. The first-order valence-electron chi connectivity index (χ1n) is 12.5. The number of hydrogen-bond donors (Lipinski definition) is 3. The van der Waals surface area contributed by atoms with E-state index in [-0.39, 0.29) is 36.1 Å². The van der Waals surface area contributed by atoms with Gasteiger partial charge >= 0.3 is 0 Å². The predicted octanol–water partition coefficient (Wildman–Crippen LogP) is 3.24. The Kier molecular flexibility index (Phi) is 13.4. The molecule has 0 bridgehead atoms. The van der Waals surface area contributed by atoms with Gasteiger partial charge in [-0.1, -0.05) is 18.6 Å². The van der Waals surface area contributed by atoms with Crippen LogP contribution in [0.4, 0.5) is 0 Å². The van der Waals surface area contributed by atoms with Crippen LogP contribution in [-0.2, 0) is 0 Å². The Morgan fingerprint density at radius 3 is 2.42 bits per heavy atom. The number of rotatable bonds is 10. The molecule has 0 radical (unpaired) electrons. The van der Waals surface area contributed by atoms with Gasteiger partial charge in [0, 0.05) is 26.2 Å². The summed E-state index contributed by atoms with van der Waals surface area (Å²) in [6, 6.07) is 8.77. The molecule has 0 aliphatic carbocycles. The average molecular weight is 574 g/mol. The minimum atomic E-state index is -0.101. The summed E-state index contributed by atoms with van der Waals surface area (Å²) in [4.78, 5) is 10.0. The molecule has 2 heterocycles. The third-order valence-electron chi connectivity index (χ3n) is 6.60. The zero-order chi connectivity index (χ0) is 22.6. The zero-order valence-electron chi connectivity index (χ0n) is 20.5. The molecule has 0 amide bonds. The van der Waals surface area contributed by atoms with Crippen molar-refractivity contribution in [3.63, 3.8) is 0 Å². The van der Waals surface area contributed by atoms with E-state index < -0.39 is 0 Å². The highest BCUT2D eigenvalue weighted by Crippen LogP contribution is 2.26. The number of guanidine groups is 1. The zero-order valence-corrected chi connectivity index (χ0v) is 22.8. The highest BCUT2D eigenvalue weighted by molar-refractivity contribution is 14.0. The summed E-state index contributed by atoms with van der Waals surface area (Å²) in [5, 5.41) is 16.6. The lowest BCUT2D eigenvalue weighted by Crippen LogP contribution is -2.41. The van der Waals surface area contributed by atoms with Crippen LogP contribution in [0.3, 0.4) is 0 Å². The number of nitrogens with zero attached hydrogens (tertiary/aromatic N) is 3. The van der Waals surface area contributed by atoms with Crippen LogP contribution in [0.2, 0.25) is 0 Å². The van der Waals surface area contributed by atoms with E-state index in [1.54, 1.807) is 7.11 Å². The topological polar surface area (TPSA) is 72.4 Å². The highest BCUT2D eigenvalue weighted by atomic mass is 127. The number of benzene rings is 1. The minimum absolute atomic E-state index is 0. The Labute approximate surface area is 217 Å². The maximum Gasteiger partial charge on any atom is 0.191 e. The fourth-order valence-corrected chi connectivity index (χ4v) is 4.66. The predicted molar refractivity (Wildman–Crippen MR) is 147 cm³/mol. The quantitative estimate of drug-likeness (QED) is 0.173. The van der Waals surface area contributed by atoms with Crippen molar-refractivity contribution in [1.29, 1.82) is 0 Å². The Morgan fingerprint density at radius 1 is 1.09 bits per heavy atom. The Hall–Kier alpha value is -1.10. The molecule has 188 valence electrons. The molecule has 7 nitrogen and oxygen atoms in total. The Bertz CT molecular complexity index is 674. The summed E-state index contributed by atoms with van der Waals surface area (Å²) in [6.45, 7) is 9.98. The third kappa shape index (κ3) is 9.58. The molecule has 1 atom stereocenters. The molecule has 0 aromatic heterocycles. The van der Waals surface area contributed by atoms with Crippen molar-refractivity contribution in [2.45, 2.75) is 57.6 Å². The van der Waals surface area contributed by atoms with Crippen molar-refractivity contribution < 1.29 is 9.84 Å². The minimum Gasteiger partial charge on any atom is -0.497 e. The summed E-state index contributed by atoms with van der Waals surface area (Å²) in [5.74, 6) is 1.80. The maximum absolute atomic E-state index is 9.66. The summed E-state index contributed by atoms with van der Waals surface area (Å²) < 4.78 is 5.35. The number of nitrogens with one attached hydrogen (secondary N) is 2. The van der Waals surface area contributed by atoms with Crippen LogP contribution in [-0.4, -0.2) is 86.4 Å². The van der Waals surface area contributed by atoms with Gasteiger partial charge in [0.05, 0.1) is 25.8 Å². The van der Waals surface area contributed by atoms with Gasteiger partial charge in [-0.15, -0.1) is 24.0 Å². The first kappa shape index (κ1) is 28.1. The third-order valence-corrected chi connectivity index (χ3v) is 6.60. The van der Waals surface area contributed by atoms with E-state index in [9.17, 15) is 5.11 Å². The van der Waals surface area contributed by atoms with Gasteiger partial charge in [-0.3, -0.25) is 9.89 Å². The van der Waals surface area contributed by atoms with Crippen molar-refractivity contribution in [1.82, 2.24) is 20.4 Å². The van der Waals surface area contributed by atoms with Gasteiger partial charge in [-0.05, 0) is 76.4 Å². The first-order valence-corrected chi connectivity index (χ1v) is 12.5. The monoisotopic (exact) mass is 573 g/mol. The molecule has 0 saturated carbocycles. The number of ether oxygens (including phenoxy) is 1. The lowest BCUT2D eigenvalue weighted by Gasteiger charge is -2.34. The summed E-state index contributed by atoms with van der Waals surface area (Å²) >= 11 is 0. The maximum atomic E-state index is 9.66. The van der Waals surface area contributed by atoms with Crippen LogP contribution < -0.4 is 15.4 Å². The largest absolute Gasteiger partial charge is 0.497 e. The number of aliphatic imine (C=N–C) groups is 1. The summed E-state index contributed by atoms with van der Waals surface area (Å²) in [6.07, 6.45) is 6.64. The number of aliphatic hydroxyl groups is 1. The van der Waals surface area contributed by atoms with Gasteiger partial charge in [0.25, 0.3) is 0 Å². The SMILES string of the molecule is CCNC(=NCC(c1ccc(OC)cc1)N1CCCCC1)NCCCN1CCC(O)CC1.I. The van der Waals surface area contributed by atoms with Crippen LogP contribution in [0.5, 0.6) is 5.75 Å². The molecule has 1 unspecified atom stereocenters. The smallest absolute Gasteiger partial charge is 0.191 e. The van der Waals surface area contributed by atoms with Crippen molar-refractivity contribution in [3.8, 4) is 5.75 Å². The molecule has 2 fully saturated rings. The molecular weight excluding hydrogens is 529 g/mol. The average Bonchev–Trinajstić information content (AvgIpc) is 2.84. The van der Waals surface area contributed by atoms with Crippen molar-refractivity contribution in [2.75, 3.05) is 59.5 Å². The van der Waals surface area contributed by atoms with Gasteiger partial charge in [-0.25, -0.2) is 0 Å². The van der Waals surface area contributed by atoms with E-state index in [0.29, 0.717) is 0 Å². The molecule has 2 aliphatic heterocycles. The van der Waals surface area contributed by atoms with Gasteiger partial charge < -0.3 is 25.4 Å². The van der Waals surface area contributed by atoms with E-state index in [0.717, 1.165) is 83.3 Å². The van der Waals surface area contributed by atoms with Crippen LogP contribution >= 0.6 is 24.0 Å². The lowest BCUT2D eigenvalue weighted by atomic mass is 10.0. The van der Waals surface area contributed by atoms with Crippen molar-refractivity contribution in [3.05, 3.63) is 29.8 Å². The van der Waals surface area contributed by atoms with Crippen LogP contribution in [0.25, 0.3) is 0 Å². The van der Waals surface area contributed by atoms with Crippen LogP contribution in [0, 0.1) is 0 Å². The number of halogens is 1. The van der Waals surface area contributed by atoms with Crippen LogP contribution in [0.1, 0.15) is 57.1 Å². The number of piperidine rings is 2. The van der Waals surface area contributed by atoms with Crippen LogP contribution in [0.15, 0.2) is 29.3 Å². The van der Waals surface area contributed by atoms with E-state index in [1.807, 2.05) is 0 Å². The number of aliphatic hydroxyl groups excluding tert-OH is 1. The highest BCUT2D eigenvalue weighted by Gasteiger charge is 2.22. The lowest BCUT2D eigenvalue weighted by molar-refractivity contribution is 0.0823. The van der Waals surface area contributed by atoms with E-state index in [1.165, 1.54) is 24.8 Å². The molecule has 1 aromatic carbocycles. The fraction of sp³-hybridized carbons (Fsp3) is 0.720. The molecule has 1 aromatic rings. The number of likely N-dealkylation sites (tertiary alicyclic amines) is 2. The van der Waals surface area contributed by atoms with E-state index >= 15 is 0 Å². The second kappa shape index (κ2) is 15.7. The van der Waals surface area contributed by atoms with Crippen molar-refractivity contribution >= 4 is 29.9 Å². The summed E-state index contributed by atoms with van der Waals surface area (Å²) in [7, 11) is 1.71. The molecule has 3 rings (SSSR count). The Morgan fingerprint density at radius 2 is 1.79 bits per heavy atom. The number of hydrogen-bond acceptors (Lipinski definition) is 5. The second-order valence-corrected chi connectivity index (χ2v) is 8.96. The molecule has 2 saturated heterocycles.